The SMILES string of the molecule is COc1ccccc1C(=O)c1cc(C)c2c(c1)CCCCO2. The normalized spacial score (nSPS) is 13.7. The Hall–Kier alpha value is -2.29. The Bertz CT molecular complexity index is 704. The van der Waals surface area contributed by atoms with Gasteiger partial charge in [-0.05, 0) is 61.6 Å². The van der Waals surface area contributed by atoms with E-state index in [1.807, 2.05) is 37.3 Å². The minimum absolute atomic E-state index is 0.00685. The van der Waals surface area contributed by atoms with Crippen LogP contribution in [0.3, 0.4) is 0 Å². The largest absolute Gasteiger partial charge is 0.496 e. The van der Waals surface area contributed by atoms with Gasteiger partial charge in [-0.15, -0.1) is 0 Å². The van der Waals surface area contributed by atoms with Crippen molar-refractivity contribution in [3.05, 3.63) is 58.7 Å². The Labute approximate surface area is 130 Å². The summed E-state index contributed by atoms with van der Waals surface area (Å²) in [4.78, 5) is 12.8. The molecule has 2 aromatic rings. The van der Waals surface area contributed by atoms with Crippen molar-refractivity contribution < 1.29 is 14.3 Å². The molecule has 0 aliphatic carbocycles. The Balaban J connectivity index is 2.03. The van der Waals surface area contributed by atoms with Gasteiger partial charge in [-0.1, -0.05) is 12.1 Å². The Morgan fingerprint density at radius 1 is 1.18 bits per heavy atom. The molecular formula is C19H20O3. The highest BCUT2D eigenvalue weighted by Crippen LogP contribution is 2.31. The summed E-state index contributed by atoms with van der Waals surface area (Å²) in [5, 5.41) is 0. The first kappa shape index (κ1) is 14.6. The molecular weight excluding hydrogens is 276 g/mol. The number of rotatable bonds is 3. The lowest BCUT2D eigenvalue weighted by atomic mass is 9.96. The third-order valence-corrected chi connectivity index (χ3v) is 4.05. The van der Waals surface area contributed by atoms with E-state index in [1.165, 1.54) is 0 Å². The van der Waals surface area contributed by atoms with Gasteiger partial charge in [-0.2, -0.15) is 0 Å². The highest BCUT2D eigenvalue weighted by atomic mass is 16.5. The average molecular weight is 296 g/mol. The van der Waals surface area contributed by atoms with Gasteiger partial charge in [0.05, 0.1) is 19.3 Å². The van der Waals surface area contributed by atoms with E-state index in [9.17, 15) is 4.79 Å². The van der Waals surface area contributed by atoms with E-state index in [-0.39, 0.29) is 5.78 Å². The van der Waals surface area contributed by atoms with Gasteiger partial charge in [0.15, 0.2) is 5.78 Å². The molecule has 0 bridgehead atoms. The standard InChI is InChI=1S/C19H20O3/c1-13-11-15(12-14-7-5-6-10-22-19(13)14)18(20)16-8-3-4-9-17(16)21-2/h3-4,8-9,11-12H,5-7,10H2,1-2H3. The second-order valence-electron chi connectivity index (χ2n) is 5.62. The summed E-state index contributed by atoms with van der Waals surface area (Å²) in [6.45, 7) is 2.76. The van der Waals surface area contributed by atoms with E-state index >= 15 is 0 Å². The third-order valence-electron chi connectivity index (χ3n) is 4.05. The van der Waals surface area contributed by atoms with E-state index in [1.54, 1.807) is 13.2 Å². The molecule has 0 aromatic heterocycles. The molecule has 0 saturated heterocycles. The second-order valence-corrected chi connectivity index (χ2v) is 5.62. The van der Waals surface area contributed by atoms with E-state index in [2.05, 4.69) is 0 Å². The summed E-state index contributed by atoms with van der Waals surface area (Å²) in [5.74, 6) is 1.55. The number of hydrogen-bond donors (Lipinski definition) is 0. The molecule has 0 radical (unpaired) electrons. The van der Waals surface area contributed by atoms with Crippen LogP contribution in [0.25, 0.3) is 0 Å². The van der Waals surface area contributed by atoms with E-state index in [0.29, 0.717) is 16.9 Å². The van der Waals surface area contributed by atoms with Gasteiger partial charge in [0.25, 0.3) is 0 Å². The summed E-state index contributed by atoms with van der Waals surface area (Å²) in [6, 6.07) is 11.2. The predicted octanol–water partition coefficient (Wildman–Crippen LogP) is 3.95. The fourth-order valence-electron chi connectivity index (χ4n) is 2.95. The zero-order valence-electron chi connectivity index (χ0n) is 13.0. The summed E-state index contributed by atoms with van der Waals surface area (Å²) < 4.78 is 11.1. The van der Waals surface area contributed by atoms with Gasteiger partial charge in [0.2, 0.25) is 0 Å². The molecule has 1 heterocycles. The van der Waals surface area contributed by atoms with Crippen molar-refractivity contribution in [3.63, 3.8) is 0 Å². The van der Waals surface area contributed by atoms with Gasteiger partial charge in [0.1, 0.15) is 11.5 Å². The number of para-hydroxylation sites is 1. The number of ether oxygens (including phenoxy) is 2. The van der Waals surface area contributed by atoms with Crippen LogP contribution in [0.2, 0.25) is 0 Å². The van der Waals surface area contributed by atoms with Crippen LogP contribution in [0.1, 0.15) is 39.9 Å². The summed E-state index contributed by atoms with van der Waals surface area (Å²) in [7, 11) is 1.59. The van der Waals surface area contributed by atoms with E-state index < -0.39 is 0 Å². The lowest BCUT2D eigenvalue weighted by Gasteiger charge is -2.13. The Morgan fingerprint density at radius 3 is 2.82 bits per heavy atom. The molecule has 2 aromatic carbocycles. The molecule has 0 amide bonds. The maximum absolute atomic E-state index is 12.8. The first-order valence-electron chi connectivity index (χ1n) is 7.64. The monoisotopic (exact) mass is 296 g/mol. The Morgan fingerprint density at radius 2 is 2.00 bits per heavy atom. The lowest BCUT2D eigenvalue weighted by Crippen LogP contribution is -2.06. The van der Waals surface area contributed by atoms with E-state index in [0.717, 1.165) is 42.7 Å². The number of ketones is 1. The molecule has 1 aliphatic rings. The van der Waals surface area contributed by atoms with Crippen LogP contribution in [-0.4, -0.2) is 19.5 Å². The minimum atomic E-state index is -0.00685. The molecule has 0 unspecified atom stereocenters. The summed E-state index contributed by atoms with van der Waals surface area (Å²) in [5.41, 5.74) is 3.46. The summed E-state index contributed by atoms with van der Waals surface area (Å²) >= 11 is 0. The highest BCUT2D eigenvalue weighted by molar-refractivity contribution is 6.11. The van der Waals surface area contributed by atoms with Crippen LogP contribution in [0.5, 0.6) is 11.5 Å². The fraction of sp³-hybridized carbons (Fsp3) is 0.316. The quantitative estimate of drug-likeness (QED) is 0.805. The zero-order valence-corrected chi connectivity index (χ0v) is 13.0. The van der Waals surface area contributed by atoms with Crippen molar-refractivity contribution in [2.45, 2.75) is 26.2 Å². The molecule has 1 aliphatic heterocycles. The molecule has 3 rings (SSSR count). The topological polar surface area (TPSA) is 35.5 Å². The molecule has 3 heteroatoms. The maximum atomic E-state index is 12.8. The van der Waals surface area contributed by atoms with Crippen molar-refractivity contribution in [3.8, 4) is 11.5 Å². The highest BCUT2D eigenvalue weighted by Gasteiger charge is 2.19. The smallest absolute Gasteiger partial charge is 0.196 e. The first-order valence-corrected chi connectivity index (χ1v) is 7.64. The lowest BCUT2D eigenvalue weighted by molar-refractivity contribution is 0.103. The van der Waals surface area contributed by atoms with Crippen molar-refractivity contribution in [2.75, 3.05) is 13.7 Å². The van der Waals surface area contributed by atoms with Crippen molar-refractivity contribution >= 4 is 5.78 Å². The van der Waals surface area contributed by atoms with Gasteiger partial charge in [-0.3, -0.25) is 4.79 Å². The molecule has 0 atom stereocenters. The number of fused-ring (bicyclic) bond motifs is 1. The number of aryl methyl sites for hydroxylation is 2. The van der Waals surface area contributed by atoms with Crippen LogP contribution in [0.15, 0.2) is 36.4 Å². The van der Waals surface area contributed by atoms with Gasteiger partial charge in [-0.25, -0.2) is 0 Å². The van der Waals surface area contributed by atoms with Crippen molar-refractivity contribution in [1.82, 2.24) is 0 Å². The molecule has 114 valence electrons. The summed E-state index contributed by atoms with van der Waals surface area (Å²) in [6.07, 6.45) is 3.12. The zero-order chi connectivity index (χ0) is 15.5. The van der Waals surface area contributed by atoms with Crippen LogP contribution in [0.4, 0.5) is 0 Å². The maximum Gasteiger partial charge on any atom is 0.196 e. The second kappa shape index (κ2) is 6.22. The molecule has 0 spiro atoms. The van der Waals surface area contributed by atoms with Crippen LogP contribution >= 0.6 is 0 Å². The fourth-order valence-corrected chi connectivity index (χ4v) is 2.95. The van der Waals surface area contributed by atoms with Crippen molar-refractivity contribution in [1.29, 1.82) is 0 Å². The van der Waals surface area contributed by atoms with Gasteiger partial charge in [0, 0.05) is 5.56 Å². The van der Waals surface area contributed by atoms with Crippen molar-refractivity contribution in [2.24, 2.45) is 0 Å². The molecule has 0 fully saturated rings. The van der Waals surface area contributed by atoms with Crippen LogP contribution in [0, 0.1) is 6.92 Å². The number of methoxy groups -OCH3 is 1. The molecule has 3 nitrogen and oxygen atoms in total. The number of carbonyl (C=O) groups excluding carboxylic acids is 1. The Kier molecular flexibility index (Phi) is 4.14. The van der Waals surface area contributed by atoms with Gasteiger partial charge < -0.3 is 9.47 Å². The number of benzene rings is 2. The first-order chi connectivity index (χ1) is 10.7. The van der Waals surface area contributed by atoms with Crippen LogP contribution in [-0.2, 0) is 6.42 Å². The number of hydrogen-bond acceptors (Lipinski definition) is 3. The van der Waals surface area contributed by atoms with Crippen LogP contribution < -0.4 is 9.47 Å². The van der Waals surface area contributed by atoms with Gasteiger partial charge >= 0.3 is 0 Å². The minimum Gasteiger partial charge on any atom is -0.496 e. The molecule has 22 heavy (non-hydrogen) atoms. The average Bonchev–Trinajstić information content (AvgIpc) is 2.80. The molecule has 0 saturated carbocycles. The number of carbonyl (C=O) groups is 1. The predicted molar refractivity (Wildman–Crippen MR) is 86.0 cm³/mol. The van der Waals surface area contributed by atoms with E-state index in [4.69, 9.17) is 9.47 Å². The third kappa shape index (κ3) is 2.71. The molecule has 0 N–H and O–H groups in total.